The zero-order valence-corrected chi connectivity index (χ0v) is 20.4. The van der Waals surface area contributed by atoms with Crippen LogP contribution in [0.25, 0.3) is 0 Å². The maximum atomic E-state index is 13.0. The number of halogens is 3. The van der Waals surface area contributed by atoms with E-state index in [9.17, 15) is 22.8 Å². The van der Waals surface area contributed by atoms with E-state index >= 15 is 0 Å². The van der Waals surface area contributed by atoms with Crippen LogP contribution in [-0.4, -0.2) is 59.8 Å². The van der Waals surface area contributed by atoms with Gasteiger partial charge in [-0.15, -0.1) is 0 Å². The Morgan fingerprint density at radius 1 is 1.11 bits per heavy atom. The Hall–Kier alpha value is -3.08. The number of carbonyl (C=O) groups is 2. The molecule has 2 unspecified atom stereocenters. The fraction of sp³-hybridized carbons (Fsp3) is 0.560. The van der Waals surface area contributed by atoms with Crippen LogP contribution in [0, 0.1) is 11.8 Å². The van der Waals surface area contributed by atoms with E-state index in [1.807, 2.05) is 9.80 Å². The van der Waals surface area contributed by atoms with Crippen molar-refractivity contribution in [3.05, 3.63) is 47.3 Å². The number of anilines is 1. The minimum atomic E-state index is -4.28. The highest BCUT2D eigenvalue weighted by Gasteiger charge is 2.38. The minimum absolute atomic E-state index is 0.156. The van der Waals surface area contributed by atoms with Crippen molar-refractivity contribution in [1.82, 2.24) is 20.0 Å². The van der Waals surface area contributed by atoms with Gasteiger partial charge in [0.25, 0.3) is 5.91 Å². The molecule has 11 heteroatoms. The summed E-state index contributed by atoms with van der Waals surface area (Å²) in [6.07, 6.45) is 4.11. The summed E-state index contributed by atoms with van der Waals surface area (Å²) >= 11 is 0. The van der Waals surface area contributed by atoms with Crippen molar-refractivity contribution in [3.8, 4) is 0 Å². The topological polar surface area (TPSA) is 96.5 Å². The molecule has 0 radical (unpaired) electrons. The number of aromatic nitrogens is 2. The van der Waals surface area contributed by atoms with Crippen LogP contribution in [0.5, 0.6) is 0 Å². The summed E-state index contributed by atoms with van der Waals surface area (Å²) in [5, 5.41) is 6.86. The van der Waals surface area contributed by atoms with E-state index < -0.39 is 17.6 Å². The van der Waals surface area contributed by atoms with Gasteiger partial charge in [0.15, 0.2) is 0 Å². The van der Waals surface area contributed by atoms with Gasteiger partial charge in [-0.1, -0.05) is 12.5 Å². The van der Waals surface area contributed by atoms with Crippen molar-refractivity contribution in [3.63, 3.8) is 0 Å². The zero-order valence-electron chi connectivity index (χ0n) is 20.4. The lowest BCUT2D eigenvalue weighted by Crippen LogP contribution is -2.33. The number of nitrogens with two attached hydrogens (primary N) is 1. The molecule has 2 aromatic rings. The van der Waals surface area contributed by atoms with E-state index in [1.54, 1.807) is 19.2 Å². The van der Waals surface area contributed by atoms with E-state index in [1.165, 1.54) is 42.4 Å². The number of amides is 2. The van der Waals surface area contributed by atoms with Crippen LogP contribution in [0.3, 0.4) is 0 Å². The number of alkyl halides is 3. The largest absolute Gasteiger partial charge is 0.418 e. The first-order valence-electron chi connectivity index (χ1n) is 12.4. The number of rotatable bonds is 4. The number of likely N-dealkylation sites (tertiary alicyclic amines) is 1. The number of benzene rings is 1. The molecule has 5 rings (SSSR count). The van der Waals surface area contributed by atoms with E-state index in [4.69, 9.17) is 5.73 Å². The molecule has 2 saturated heterocycles. The van der Waals surface area contributed by atoms with E-state index in [-0.39, 0.29) is 11.6 Å². The Morgan fingerprint density at radius 2 is 1.78 bits per heavy atom. The molecule has 2 aliphatic heterocycles. The van der Waals surface area contributed by atoms with Crippen LogP contribution < -0.4 is 16.0 Å². The van der Waals surface area contributed by atoms with Crippen LogP contribution >= 0.6 is 0 Å². The highest BCUT2D eigenvalue weighted by Crippen LogP contribution is 2.39. The first-order valence-corrected chi connectivity index (χ1v) is 12.4. The molecule has 36 heavy (non-hydrogen) atoms. The van der Waals surface area contributed by atoms with Gasteiger partial charge < -0.3 is 20.9 Å². The Labute approximate surface area is 208 Å². The predicted octanol–water partition coefficient (Wildman–Crippen LogP) is 3.71. The van der Waals surface area contributed by atoms with Crippen molar-refractivity contribution in [2.24, 2.45) is 17.6 Å². The molecule has 0 spiro atoms. The van der Waals surface area contributed by atoms with E-state index in [0.717, 1.165) is 31.5 Å². The highest BCUT2D eigenvalue weighted by molar-refractivity contribution is 5.93. The average Bonchev–Trinajstić information content (AvgIpc) is 3.63. The highest BCUT2D eigenvalue weighted by atomic mass is 19.4. The van der Waals surface area contributed by atoms with E-state index in [2.05, 4.69) is 10.4 Å². The second-order valence-electron chi connectivity index (χ2n) is 9.75. The van der Waals surface area contributed by atoms with Crippen molar-refractivity contribution < 1.29 is 22.8 Å². The molecule has 3 heterocycles. The molecule has 1 saturated carbocycles. The van der Waals surface area contributed by atoms with Gasteiger partial charge in [0, 0.05) is 44.6 Å². The molecule has 1 aliphatic carbocycles. The molecule has 3 N–H and O–H groups in total. The second-order valence-corrected chi connectivity index (χ2v) is 9.75. The molecule has 196 valence electrons. The lowest BCUT2D eigenvalue weighted by atomic mass is 10.0. The predicted molar refractivity (Wildman–Crippen MR) is 130 cm³/mol. The number of nitrogens with one attached hydrogen (secondary N) is 1. The van der Waals surface area contributed by atoms with Gasteiger partial charge in [0.1, 0.15) is 0 Å². The van der Waals surface area contributed by atoms with Gasteiger partial charge >= 0.3 is 12.2 Å². The fourth-order valence-electron chi connectivity index (χ4n) is 5.44. The van der Waals surface area contributed by atoms with Crippen molar-refractivity contribution in [2.75, 3.05) is 38.1 Å². The van der Waals surface area contributed by atoms with E-state index in [0.29, 0.717) is 37.2 Å². The molecule has 3 aliphatic rings. The standard InChI is InChI=1S/C13H17F3N2.C12H16N4O2/c1-17-9-10-4-5-11(13(14,15)16)12(8-10)18-6-2-3-7-18;13-11(17)10-4-14-16(7-10)12(18)15-5-8-2-1-3-9(8)6-15/h4-5,8,17H,2-3,6-7,9H2,1H3;4,7-9H,1-3,5-6H2,(H2,13,17). The van der Waals surface area contributed by atoms with Crippen molar-refractivity contribution in [2.45, 2.75) is 44.8 Å². The Kier molecular flexibility index (Phi) is 7.87. The van der Waals surface area contributed by atoms with Crippen LogP contribution in [-0.2, 0) is 12.7 Å². The van der Waals surface area contributed by atoms with Crippen molar-refractivity contribution in [1.29, 1.82) is 0 Å². The summed E-state index contributed by atoms with van der Waals surface area (Å²) in [7, 11) is 1.78. The maximum Gasteiger partial charge on any atom is 0.418 e. The van der Waals surface area contributed by atoms with Crippen molar-refractivity contribution >= 4 is 17.6 Å². The minimum Gasteiger partial charge on any atom is -0.371 e. The summed E-state index contributed by atoms with van der Waals surface area (Å²) in [6, 6.07) is 4.24. The molecular weight excluding hydrogens is 473 g/mol. The fourth-order valence-corrected chi connectivity index (χ4v) is 5.44. The summed E-state index contributed by atoms with van der Waals surface area (Å²) in [4.78, 5) is 26.8. The molecule has 2 amide bonds. The van der Waals surface area contributed by atoms with Gasteiger partial charge in [-0.05, 0) is 62.3 Å². The summed E-state index contributed by atoms with van der Waals surface area (Å²) in [5.41, 5.74) is 6.09. The number of fused-ring (bicyclic) bond motifs is 1. The molecule has 8 nitrogen and oxygen atoms in total. The van der Waals surface area contributed by atoms with Crippen LogP contribution in [0.1, 0.15) is 53.6 Å². The molecular formula is C25H33F3N6O2. The third-order valence-corrected chi connectivity index (χ3v) is 7.26. The SMILES string of the molecule is CNCc1ccc(C(F)(F)F)c(N2CCCC2)c1.NC(=O)c1cnn(C(=O)N2CC3CCCC3C2)c1. The molecule has 1 aromatic heterocycles. The number of primary amides is 1. The lowest BCUT2D eigenvalue weighted by Gasteiger charge is -2.23. The monoisotopic (exact) mass is 506 g/mol. The molecule has 1 aromatic carbocycles. The number of hydrogen-bond donors (Lipinski definition) is 2. The Bertz CT molecular complexity index is 1070. The molecule has 2 atom stereocenters. The normalized spacial score (nSPS) is 21.3. The lowest BCUT2D eigenvalue weighted by molar-refractivity contribution is -0.137. The number of hydrogen-bond acceptors (Lipinski definition) is 5. The first kappa shape index (κ1) is 26.0. The number of nitrogens with zero attached hydrogens (tertiary/aromatic N) is 4. The smallest absolute Gasteiger partial charge is 0.371 e. The number of carbonyl (C=O) groups excluding carboxylic acids is 2. The molecule has 3 fully saturated rings. The molecule has 0 bridgehead atoms. The van der Waals surface area contributed by atoms with Gasteiger partial charge in [-0.3, -0.25) is 4.79 Å². The van der Waals surface area contributed by atoms with Crippen LogP contribution in [0.2, 0.25) is 0 Å². The second kappa shape index (κ2) is 10.9. The van der Waals surface area contributed by atoms with Crippen LogP contribution in [0.4, 0.5) is 23.7 Å². The summed E-state index contributed by atoms with van der Waals surface area (Å²) in [6.45, 7) is 3.64. The Balaban J connectivity index is 0.000000169. The Morgan fingerprint density at radius 3 is 2.33 bits per heavy atom. The average molecular weight is 507 g/mol. The van der Waals surface area contributed by atoms with Gasteiger partial charge in [-0.2, -0.15) is 23.0 Å². The van der Waals surface area contributed by atoms with Gasteiger partial charge in [0.2, 0.25) is 0 Å². The third kappa shape index (κ3) is 5.83. The third-order valence-electron chi connectivity index (χ3n) is 7.26. The maximum absolute atomic E-state index is 13.0. The van der Waals surface area contributed by atoms with Crippen LogP contribution in [0.15, 0.2) is 30.6 Å². The van der Waals surface area contributed by atoms with Gasteiger partial charge in [0.05, 0.1) is 17.3 Å². The zero-order chi connectivity index (χ0) is 25.9. The summed E-state index contributed by atoms with van der Waals surface area (Å²) in [5.74, 6) is 0.743. The summed E-state index contributed by atoms with van der Waals surface area (Å²) < 4.78 is 40.1. The quantitative estimate of drug-likeness (QED) is 0.659. The first-order chi connectivity index (χ1) is 17.2. The van der Waals surface area contributed by atoms with Gasteiger partial charge in [-0.25, -0.2) is 4.79 Å².